The molecule has 2 rings (SSSR count). The third-order valence-electron chi connectivity index (χ3n) is 4.04. The van der Waals surface area contributed by atoms with E-state index >= 15 is 0 Å². The number of carbonyl (C=O) groups excluding carboxylic acids is 1. The molecule has 0 N–H and O–H groups in total. The van der Waals surface area contributed by atoms with Gasteiger partial charge in [-0.1, -0.05) is 19.9 Å². The average Bonchev–Trinajstić information content (AvgIpc) is 2.56. The van der Waals surface area contributed by atoms with Crippen LogP contribution in [-0.4, -0.2) is 66.5 Å². The van der Waals surface area contributed by atoms with E-state index in [0.29, 0.717) is 6.54 Å². The fourth-order valence-electron chi connectivity index (χ4n) is 2.92. The van der Waals surface area contributed by atoms with E-state index < -0.39 is 0 Å². The van der Waals surface area contributed by atoms with Crippen molar-refractivity contribution in [3.8, 4) is 0 Å². The summed E-state index contributed by atoms with van der Waals surface area (Å²) in [7, 11) is 0. The number of anilines is 1. The Balaban J connectivity index is 1.81. The summed E-state index contributed by atoms with van der Waals surface area (Å²) in [5.74, 6) is 1.27. The minimum Gasteiger partial charge on any atom is -0.353 e. The molecular weight excluding hydrogens is 276 g/mol. The monoisotopic (exact) mass is 304 g/mol. The van der Waals surface area contributed by atoms with Crippen LogP contribution in [0, 0.1) is 0 Å². The number of aromatic nitrogens is 1. The number of hydrogen-bond acceptors (Lipinski definition) is 4. The van der Waals surface area contributed by atoms with E-state index in [1.54, 1.807) is 0 Å². The molecule has 0 unspecified atom stereocenters. The maximum atomic E-state index is 12.5. The third kappa shape index (κ3) is 4.70. The van der Waals surface area contributed by atoms with E-state index in [1.165, 1.54) is 0 Å². The van der Waals surface area contributed by atoms with Crippen LogP contribution in [0.5, 0.6) is 0 Å². The lowest BCUT2D eigenvalue weighted by atomic mass is 10.2. The second-order valence-corrected chi connectivity index (χ2v) is 5.83. The first kappa shape index (κ1) is 16.7. The Kier molecular flexibility index (Phi) is 6.65. The lowest BCUT2D eigenvalue weighted by molar-refractivity contribution is -0.132. The lowest BCUT2D eigenvalue weighted by Crippen LogP contribution is -2.51. The molecule has 22 heavy (non-hydrogen) atoms. The zero-order valence-electron chi connectivity index (χ0n) is 13.9. The topological polar surface area (TPSA) is 39.7 Å². The quantitative estimate of drug-likeness (QED) is 0.771. The number of carbonyl (C=O) groups is 1. The molecule has 0 aliphatic carbocycles. The normalized spacial score (nSPS) is 15.4. The molecule has 1 aromatic heterocycles. The van der Waals surface area contributed by atoms with Crippen molar-refractivity contribution in [1.29, 1.82) is 0 Å². The second-order valence-electron chi connectivity index (χ2n) is 5.83. The Bertz CT molecular complexity index is 437. The largest absolute Gasteiger partial charge is 0.353 e. The molecule has 122 valence electrons. The van der Waals surface area contributed by atoms with Crippen LogP contribution >= 0.6 is 0 Å². The molecule has 1 amide bonds. The van der Waals surface area contributed by atoms with Crippen molar-refractivity contribution < 1.29 is 4.79 Å². The Morgan fingerprint density at radius 2 is 1.82 bits per heavy atom. The van der Waals surface area contributed by atoms with Gasteiger partial charge < -0.3 is 9.80 Å². The number of rotatable bonds is 7. The fourth-order valence-corrected chi connectivity index (χ4v) is 2.92. The minimum atomic E-state index is 0.266. The van der Waals surface area contributed by atoms with Crippen LogP contribution in [-0.2, 0) is 4.79 Å². The summed E-state index contributed by atoms with van der Waals surface area (Å²) in [6.45, 7) is 10.2. The fraction of sp³-hybridized carbons (Fsp3) is 0.647. The molecule has 0 atom stereocenters. The van der Waals surface area contributed by atoms with E-state index in [1.807, 2.05) is 29.3 Å². The van der Waals surface area contributed by atoms with Gasteiger partial charge in [0.2, 0.25) is 5.91 Å². The summed E-state index contributed by atoms with van der Waals surface area (Å²) in [6, 6.07) is 5.97. The van der Waals surface area contributed by atoms with Crippen LogP contribution in [0.15, 0.2) is 24.4 Å². The molecule has 1 aromatic rings. The first-order chi connectivity index (χ1) is 10.7. The smallest absolute Gasteiger partial charge is 0.236 e. The van der Waals surface area contributed by atoms with Gasteiger partial charge in [0.15, 0.2) is 0 Å². The summed E-state index contributed by atoms with van der Waals surface area (Å²) >= 11 is 0. The maximum absolute atomic E-state index is 12.5. The molecule has 1 fully saturated rings. The first-order valence-electron chi connectivity index (χ1n) is 8.40. The van der Waals surface area contributed by atoms with E-state index in [9.17, 15) is 4.79 Å². The highest BCUT2D eigenvalue weighted by molar-refractivity contribution is 5.78. The molecule has 1 aliphatic heterocycles. The summed E-state index contributed by atoms with van der Waals surface area (Å²) in [6.07, 6.45) is 4.02. The number of nitrogens with zero attached hydrogens (tertiary/aromatic N) is 4. The predicted molar refractivity (Wildman–Crippen MR) is 90.1 cm³/mol. The van der Waals surface area contributed by atoms with Crippen LogP contribution in [0.25, 0.3) is 0 Å². The maximum Gasteiger partial charge on any atom is 0.236 e. The molecule has 0 spiro atoms. The van der Waals surface area contributed by atoms with Crippen LogP contribution in [0.4, 0.5) is 5.82 Å². The highest BCUT2D eigenvalue weighted by Crippen LogP contribution is 2.12. The Hall–Kier alpha value is -1.62. The van der Waals surface area contributed by atoms with E-state index in [2.05, 4.69) is 28.6 Å². The van der Waals surface area contributed by atoms with Crippen molar-refractivity contribution >= 4 is 11.7 Å². The number of pyridine rings is 1. The van der Waals surface area contributed by atoms with Gasteiger partial charge in [-0.05, 0) is 38.1 Å². The van der Waals surface area contributed by atoms with Gasteiger partial charge in [0.1, 0.15) is 5.82 Å². The van der Waals surface area contributed by atoms with Crippen LogP contribution in [0.3, 0.4) is 0 Å². The summed E-state index contributed by atoms with van der Waals surface area (Å²) in [5.41, 5.74) is 0. The van der Waals surface area contributed by atoms with E-state index in [-0.39, 0.29) is 5.91 Å². The zero-order valence-corrected chi connectivity index (χ0v) is 13.9. The van der Waals surface area contributed by atoms with Gasteiger partial charge in [0, 0.05) is 32.4 Å². The molecule has 5 heteroatoms. The molecule has 0 radical (unpaired) electrons. The summed E-state index contributed by atoms with van der Waals surface area (Å²) < 4.78 is 0. The first-order valence-corrected chi connectivity index (χ1v) is 8.40. The molecule has 0 bridgehead atoms. The molecule has 0 aromatic carbocycles. The molecule has 0 saturated carbocycles. The molecule has 2 heterocycles. The standard InChI is InChI=1S/C17H28N4O/c1-3-9-19(10-4-2)15-17(22)21-13-11-20(12-14-21)16-7-5-6-8-18-16/h5-8H,3-4,9-15H2,1-2H3. The van der Waals surface area contributed by atoms with Crippen LogP contribution in [0.2, 0.25) is 0 Å². The Labute approximate surface area is 133 Å². The second kappa shape index (κ2) is 8.73. The molecular formula is C17H28N4O. The zero-order chi connectivity index (χ0) is 15.8. The molecule has 1 saturated heterocycles. The predicted octanol–water partition coefficient (Wildman–Crippen LogP) is 1.85. The van der Waals surface area contributed by atoms with Gasteiger partial charge in [-0.25, -0.2) is 4.98 Å². The minimum absolute atomic E-state index is 0.266. The van der Waals surface area contributed by atoms with Gasteiger partial charge >= 0.3 is 0 Å². The van der Waals surface area contributed by atoms with Crippen molar-refractivity contribution in [1.82, 2.24) is 14.8 Å². The Morgan fingerprint density at radius 3 is 2.36 bits per heavy atom. The van der Waals surface area contributed by atoms with Gasteiger partial charge in [-0.2, -0.15) is 0 Å². The van der Waals surface area contributed by atoms with Gasteiger partial charge in [0.25, 0.3) is 0 Å². The van der Waals surface area contributed by atoms with Crippen LogP contribution in [0.1, 0.15) is 26.7 Å². The molecule has 5 nitrogen and oxygen atoms in total. The SMILES string of the molecule is CCCN(CCC)CC(=O)N1CCN(c2ccccn2)CC1. The highest BCUT2D eigenvalue weighted by Gasteiger charge is 2.22. The highest BCUT2D eigenvalue weighted by atomic mass is 16.2. The average molecular weight is 304 g/mol. The van der Waals surface area contributed by atoms with E-state index in [0.717, 1.165) is 57.9 Å². The lowest BCUT2D eigenvalue weighted by Gasteiger charge is -2.36. The van der Waals surface area contributed by atoms with E-state index in [4.69, 9.17) is 0 Å². The number of piperazine rings is 1. The van der Waals surface area contributed by atoms with Crippen molar-refractivity contribution in [2.75, 3.05) is 50.7 Å². The van der Waals surface area contributed by atoms with Gasteiger partial charge in [-0.3, -0.25) is 9.69 Å². The van der Waals surface area contributed by atoms with Crippen molar-refractivity contribution in [2.24, 2.45) is 0 Å². The van der Waals surface area contributed by atoms with Crippen molar-refractivity contribution in [3.05, 3.63) is 24.4 Å². The van der Waals surface area contributed by atoms with Crippen LogP contribution < -0.4 is 4.90 Å². The number of hydrogen-bond donors (Lipinski definition) is 0. The molecule has 1 aliphatic rings. The van der Waals surface area contributed by atoms with Crippen molar-refractivity contribution in [3.63, 3.8) is 0 Å². The van der Waals surface area contributed by atoms with Gasteiger partial charge in [0.05, 0.1) is 6.54 Å². The summed E-state index contributed by atoms with van der Waals surface area (Å²) in [5, 5.41) is 0. The van der Waals surface area contributed by atoms with Gasteiger partial charge in [-0.15, -0.1) is 0 Å². The number of amides is 1. The third-order valence-corrected chi connectivity index (χ3v) is 4.04. The van der Waals surface area contributed by atoms with Crippen molar-refractivity contribution in [2.45, 2.75) is 26.7 Å². The Morgan fingerprint density at radius 1 is 1.14 bits per heavy atom. The summed E-state index contributed by atoms with van der Waals surface area (Å²) in [4.78, 5) is 23.4.